The number of hydrogen-bond donors (Lipinski definition) is 1. The minimum atomic E-state index is 0.779. The SMILES string of the molecule is CCNC(=NCCCCc1nc(C)cs1)N(C)CCOCC1CC1. The van der Waals surface area contributed by atoms with Crippen LogP contribution in [0.1, 0.15) is 43.3 Å². The molecule has 0 spiro atoms. The zero-order valence-corrected chi connectivity index (χ0v) is 16.2. The highest BCUT2D eigenvalue weighted by molar-refractivity contribution is 7.09. The number of hydrogen-bond acceptors (Lipinski definition) is 4. The fraction of sp³-hybridized carbons (Fsp3) is 0.778. The summed E-state index contributed by atoms with van der Waals surface area (Å²) in [5.74, 6) is 1.82. The Labute approximate surface area is 150 Å². The first kappa shape index (κ1) is 19.2. The van der Waals surface area contributed by atoms with Crippen LogP contribution in [-0.2, 0) is 11.2 Å². The van der Waals surface area contributed by atoms with Crippen molar-refractivity contribution in [1.82, 2.24) is 15.2 Å². The van der Waals surface area contributed by atoms with Crippen LogP contribution in [0.4, 0.5) is 0 Å². The lowest BCUT2D eigenvalue weighted by atomic mass is 10.2. The predicted molar refractivity (Wildman–Crippen MR) is 102 cm³/mol. The average molecular weight is 353 g/mol. The number of nitrogens with zero attached hydrogens (tertiary/aromatic N) is 3. The Morgan fingerprint density at radius 3 is 2.96 bits per heavy atom. The molecule has 136 valence electrons. The summed E-state index contributed by atoms with van der Waals surface area (Å²) < 4.78 is 5.72. The minimum Gasteiger partial charge on any atom is -0.379 e. The highest BCUT2D eigenvalue weighted by Gasteiger charge is 2.21. The summed E-state index contributed by atoms with van der Waals surface area (Å²) in [6.45, 7) is 8.51. The Morgan fingerprint density at radius 1 is 1.46 bits per heavy atom. The Kier molecular flexibility index (Phi) is 8.53. The van der Waals surface area contributed by atoms with Crippen LogP contribution in [0.3, 0.4) is 0 Å². The number of guanidine groups is 1. The van der Waals surface area contributed by atoms with E-state index in [9.17, 15) is 0 Å². The zero-order valence-electron chi connectivity index (χ0n) is 15.4. The van der Waals surface area contributed by atoms with Crippen LogP contribution in [0.25, 0.3) is 0 Å². The van der Waals surface area contributed by atoms with Gasteiger partial charge in [-0.15, -0.1) is 11.3 Å². The second-order valence-electron chi connectivity index (χ2n) is 6.52. The van der Waals surface area contributed by atoms with Crippen molar-refractivity contribution in [2.45, 2.75) is 46.0 Å². The van der Waals surface area contributed by atoms with Crippen LogP contribution >= 0.6 is 11.3 Å². The molecule has 6 heteroatoms. The maximum Gasteiger partial charge on any atom is 0.193 e. The summed E-state index contributed by atoms with van der Waals surface area (Å²) in [6, 6.07) is 0. The molecule has 2 rings (SSSR count). The van der Waals surface area contributed by atoms with Crippen LogP contribution in [0.2, 0.25) is 0 Å². The fourth-order valence-electron chi connectivity index (χ4n) is 2.40. The van der Waals surface area contributed by atoms with Crippen molar-refractivity contribution in [2.75, 3.05) is 39.9 Å². The number of aliphatic imine (C=N–C) groups is 1. The van der Waals surface area contributed by atoms with Gasteiger partial charge in [0.15, 0.2) is 5.96 Å². The smallest absolute Gasteiger partial charge is 0.193 e. The molecule has 1 saturated carbocycles. The van der Waals surface area contributed by atoms with Gasteiger partial charge >= 0.3 is 0 Å². The molecule has 0 aromatic carbocycles. The van der Waals surface area contributed by atoms with Gasteiger partial charge < -0.3 is 15.0 Å². The topological polar surface area (TPSA) is 49.8 Å². The molecule has 0 saturated heterocycles. The first-order valence-electron chi connectivity index (χ1n) is 9.17. The third kappa shape index (κ3) is 7.62. The van der Waals surface area contributed by atoms with Gasteiger partial charge in [0.2, 0.25) is 0 Å². The molecule has 1 heterocycles. The second kappa shape index (κ2) is 10.7. The van der Waals surface area contributed by atoms with Gasteiger partial charge in [0.05, 0.1) is 11.6 Å². The molecule has 1 aliphatic carbocycles. The first-order chi connectivity index (χ1) is 11.7. The Balaban J connectivity index is 1.62. The number of nitrogens with one attached hydrogen (secondary N) is 1. The molecule has 5 nitrogen and oxygen atoms in total. The molecule has 1 fully saturated rings. The Morgan fingerprint density at radius 2 is 2.29 bits per heavy atom. The maximum absolute atomic E-state index is 5.72. The van der Waals surface area contributed by atoms with Gasteiger partial charge in [-0.2, -0.15) is 0 Å². The summed E-state index contributed by atoms with van der Waals surface area (Å²) in [7, 11) is 2.08. The van der Waals surface area contributed by atoms with Gasteiger partial charge in [-0.3, -0.25) is 4.99 Å². The summed E-state index contributed by atoms with van der Waals surface area (Å²) in [5, 5.41) is 6.73. The van der Waals surface area contributed by atoms with Gasteiger partial charge in [-0.1, -0.05) is 0 Å². The van der Waals surface area contributed by atoms with E-state index >= 15 is 0 Å². The van der Waals surface area contributed by atoms with Crippen molar-refractivity contribution in [3.05, 3.63) is 16.1 Å². The number of likely N-dealkylation sites (N-methyl/N-ethyl adjacent to an activating group) is 1. The lowest BCUT2D eigenvalue weighted by molar-refractivity contribution is 0.115. The molecular formula is C18H32N4OS. The average Bonchev–Trinajstić information content (AvgIpc) is 3.30. The van der Waals surface area contributed by atoms with Gasteiger partial charge in [0.25, 0.3) is 0 Å². The molecule has 0 radical (unpaired) electrons. The Bertz CT molecular complexity index is 499. The van der Waals surface area contributed by atoms with Crippen molar-refractivity contribution >= 4 is 17.3 Å². The molecule has 0 amide bonds. The fourth-order valence-corrected chi connectivity index (χ4v) is 3.22. The minimum absolute atomic E-state index is 0.779. The van der Waals surface area contributed by atoms with Crippen LogP contribution in [-0.4, -0.2) is 55.7 Å². The molecule has 0 unspecified atom stereocenters. The quantitative estimate of drug-likeness (QED) is 0.378. The summed E-state index contributed by atoms with van der Waals surface area (Å²) in [4.78, 5) is 11.4. The molecule has 24 heavy (non-hydrogen) atoms. The first-order valence-corrected chi connectivity index (χ1v) is 10.0. The van der Waals surface area contributed by atoms with Gasteiger partial charge in [0.1, 0.15) is 0 Å². The number of aryl methyl sites for hydroxylation is 2. The van der Waals surface area contributed by atoms with E-state index in [0.717, 1.165) is 69.7 Å². The van der Waals surface area contributed by atoms with Crippen molar-refractivity contribution in [3.63, 3.8) is 0 Å². The summed E-state index contributed by atoms with van der Waals surface area (Å²) in [5.41, 5.74) is 1.13. The van der Waals surface area contributed by atoms with E-state index in [1.807, 2.05) is 0 Å². The number of ether oxygens (including phenoxy) is 1. The third-order valence-electron chi connectivity index (χ3n) is 4.04. The molecule has 1 aromatic heterocycles. The number of thiazole rings is 1. The zero-order chi connectivity index (χ0) is 17.2. The van der Waals surface area contributed by atoms with Crippen molar-refractivity contribution < 1.29 is 4.74 Å². The van der Waals surface area contributed by atoms with Gasteiger partial charge in [-0.25, -0.2) is 4.98 Å². The lowest BCUT2D eigenvalue weighted by Gasteiger charge is -2.22. The predicted octanol–water partition coefficient (Wildman–Crippen LogP) is 3.10. The molecule has 1 aliphatic rings. The van der Waals surface area contributed by atoms with E-state index in [0.29, 0.717) is 0 Å². The van der Waals surface area contributed by atoms with E-state index in [1.165, 1.54) is 17.8 Å². The van der Waals surface area contributed by atoms with Gasteiger partial charge in [-0.05, 0) is 51.9 Å². The van der Waals surface area contributed by atoms with Crippen LogP contribution in [0.15, 0.2) is 10.4 Å². The summed E-state index contributed by atoms with van der Waals surface area (Å²) in [6.07, 6.45) is 6.00. The number of rotatable bonds is 11. The largest absolute Gasteiger partial charge is 0.379 e. The van der Waals surface area contributed by atoms with E-state index in [4.69, 9.17) is 9.73 Å². The Hall–Kier alpha value is -1.14. The number of aromatic nitrogens is 1. The standard InChI is InChI=1S/C18H32N4OS/c1-4-19-18(22(3)11-12-23-13-16-8-9-16)20-10-6-5-7-17-21-15(2)14-24-17/h14,16H,4-13H2,1-3H3,(H,19,20). The number of unbranched alkanes of at least 4 members (excludes halogenated alkanes) is 1. The molecule has 0 aliphatic heterocycles. The van der Waals surface area contributed by atoms with Crippen LogP contribution in [0, 0.1) is 12.8 Å². The normalized spacial score (nSPS) is 14.9. The van der Waals surface area contributed by atoms with Crippen LogP contribution < -0.4 is 5.32 Å². The van der Waals surface area contributed by atoms with E-state index < -0.39 is 0 Å². The van der Waals surface area contributed by atoms with Crippen molar-refractivity contribution in [2.24, 2.45) is 10.9 Å². The lowest BCUT2D eigenvalue weighted by Crippen LogP contribution is -2.40. The summed E-state index contributed by atoms with van der Waals surface area (Å²) >= 11 is 1.76. The van der Waals surface area contributed by atoms with Gasteiger partial charge in [0, 0.05) is 44.4 Å². The molecule has 1 N–H and O–H groups in total. The highest BCUT2D eigenvalue weighted by Crippen LogP contribution is 2.28. The molecular weight excluding hydrogens is 320 g/mol. The van der Waals surface area contributed by atoms with E-state index in [-0.39, 0.29) is 0 Å². The second-order valence-corrected chi connectivity index (χ2v) is 7.46. The molecule has 1 aromatic rings. The highest BCUT2D eigenvalue weighted by atomic mass is 32.1. The molecule has 0 atom stereocenters. The van der Waals surface area contributed by atoms with E-state index in [1.54, 1.807) is 11.3 Å². The van der Waals surface area contributed by atoms with E-state index in [2.05, 4.69) is 41.5 Å². The maximum atomic E-state index is 5.72. The van der Waals surface area contributed by atoms with Crippen LogP contribution in [0.5, 0.6) is 0 Å². The molecule has 0 bridgehead atoms. The van der Waals surface area contributed by atoms with Crippen molar-refractivity contribution in [3.8, 4) is 0 Å². The monoisotopic (exact) mass is 352 g/mol. The van der Waals surface area contributed by atoms with Crippen molar-refractivity contribution in [1.29, 1.82) is 0 Å². The third-order valence-corrected chi connectivity index (χ3v) is 5.07.